The first-order valence-corrected chi connectivity index (χ1v) is 8.36. The Morgan fingerprint density at radius 3 is 1.50 bits per heavy atom. The van der Waals surface area contributed by atoms with Crippen molar-refractivity contribution >= 4 is 12.4 Å². The second kappa shape index (κ2) is 11.2. The Morgan fingerprint density at radius 2 is 1.12 bits per heavy atom. The van der Waals surface area contributed by atoms with E-state index < -0.39 is 0 Å². The normalized spacial score (nSPS) is 19.8. The molecule has 26 heavy (non-hydrogen) atoms. The van der Waals surface area contributed by atoms with Crippen LogP contribution >= 0.6 is 0 Å². The zero-order valence-corrected chi connectivity index (χ0v) is 16.9. The molecule has 0 bridgehead atoms. The van der Waals surface area contributed by atoms with Crippen LogP contribution < -0.4 is 17.0 Å². The summed E-state index contributed by atoms with van der Waals surface area (Å²) in [6, 6.07) is 14.6. The van der Waals surface area contributed by atoms with Crippen molar-refractivity contribution in [1.82, 2.24) is 0 Å². The van der Waals surface area contributed by atoms with Crippen LogP contribution in [-0.4, -0.2) is 34.7 Å². The molecule has 141 valence electrons. The summed E-state index contributed by atoms with van der Waals surface area (Å²) in [4.78, 5) is 9.34. The monoisotopic (exact) mass is 460 g/mol. The first kappa shape index (κ1) is 22.4. The number of halogens is 1. The third-order valence-electron chi connectivity index (χ3n) is 4.38. The van der Waals surface area contributed by atoms with Crippen molar-refractivity contribution in [1.29, 1.82) is 0 Å². The minimum absolute atomic E-state index is 0. The molecule has 2 aromatic carbocycles. The Kier molecular flexibility index (Phi) is 9.62. The molecule has 0 amide bonds. The zero-order chi connectivity index (χ0) is 16.8. The van der Waals surface area contributed by atoms with Gasteiger partial charge in [-0.25, -0.2) is 0 Å². The summed E-state index contributed by atoms with van der Waals surface area (Å²) in [7, 11) is 0. The van der Waals surface area contributed by atoms with Gasteiger partial charge in [0, 0.05) is 40.3 Å². The van der Waals surface area contributed by atoms with E-state index >= 15 is 0 Å². The summed E-state index contributed by atoms with van der Waals surface area (Å²) in [5.74, 6) is 0.484. The van der Waals surface area contributed by atoms with Gasteiger partial charge in [-0.3, -0.25) is 9.98 Å². The Bertz CT molecular complexity index is 689. The summed E-state index contributed by atoms with van der Waals surface area (Å²) in [6.07, 6.45) is 7.76. The molecule has 0 heterocycles. The number of nitrogens with zero attached hydrogens (tertiary/aromatic N) is 2. The fraction of sp³-hybridized carbons (Fsp3) is 0.300. The third kappa shape index (κ3) is 5.97. The smallest absolute Gasteiger partial charge is 0.124 e. The number of phenols is 2. The van der Waals surface area contributed by atoms with Crippen molar-refractivity contribution in [2.75, 3.05) is 0 Å². The van der Waals surface area contributed by atoms with Gasteiger partial charge >= 0.3 is 0 Å². The molecule has 1 aliphatic rings. The summed E-state index contributed by atoms with van der Waals surface area (Å²) in [6.45, 7) is 0. The summed E-state index contributed by atoms with van der Waals surface area (Å²) < 4.78 is 0. The van der Waals surface area contributed by atoms with Gasteiger partial charge in [0.05, 0.1) is 12.1 Å². The summed E-state index contributed by atoms with van der Waals surface area (Å²) in [5.41, 5.74) is 1.46. The predicted molar refractivity (Wildman–Crippen MR) is 97.4 cm³/mol. The van der Waals surface area contributed by atoms with Crippen LogP contribution in [-0.2, 0) is 16.8 Å². The van der Waals surface area contributed by atoms with Crippen LogP contribution in [0.3, 0.4) is 0 Å². The SMILES string of the molecule is Oc1ccccc1C=N[C@@H]1CCCC[C@H]1N=Cc1ccccc1O.[Br-].[Co]. The third-order valence-corrected chi connectivity index (χ3v) is 4.38. The molecule has 1 radical (unpaired) electrons. The Morgan fingerprint density at radius 1 is 0.731 bits per heavy atom. The van der Waals surface area contributed by atoms with Crippen LogP contribution in [0, 0.1) is 0 Å². The minimum atomic E-state index is 0. The van der Waals surface area contributed by atoms with Crippen LogP contribution in [0.25, 0.3) is 0 Å². The maximum atomic E-state index is 9.84. The van der Waals surface area contributed by atoms with E-state index in [-0.39, 0.29) is 57.3 Å². The molecular formula is C20H22BrCoN2O2-. The molecule has 0 unspecified atom stereocenters. The molecule has 0 spiro atoms. The van der Waals surface area contributed by atoms with Crippen LogP contribution in [0.1, 0.15) is 36.8 Å². The molecular weight excluding hydrogens is 439 g/mol. The average Bonchev–Trinajstić information content (AvgIpc) is 2.61. The maximum absolute atomic E-state index is 9.84. The molecule has 3 rings (SSSR count). The van der Waals surface area contributed by atoms with Gasteiger partial charge in [0.25, 0.3) is 0 Å². The van der Waals surface area contributed by atoms with Gasteiger partial charge in [-0.2, -0.15) is 0 Å². The Balaban J connectivity index is 0.00000169. The van der Waals surface area contributed by atoms with Crippen LogP contribution in [0.15, 0.2) is 58.5 Å². The molecule has 0 aliphatic heterocycles. The Hall–Kier alpha value is -1.63. The van der Waals surface area contributed by atoms with Crippen molar-refractivity contribution < 1.29 is 44.0 Å². The Labute approximate surface area is 175 Å². The first-order chi connectivity index (χ1) is 11.7. The summed E-state index contributed by atoms with van der Waals surface area (Å²) >= 11 is 0. The molecule has 1 fully saturated rings. The second-order valence-corrected chi connectivity index (χ2v) is 6.09. The van der Waals surface area contributed by atoms with Crippen molar-refractivity contribution in [2.24, 2.45) is 9.98 Å². The number of hydrogen-bond acceptors (Lipinski definition) is 4. The van der Waals surface area contributed by atoms with Gasteiger partial charge < -0.3 is 27.2 Å². The molecule has 0 saturated heterocycles. The molecule has 2 atom stereocenters. The minimum Gasteiger partial charge on any atom is -1.00 e. The van der Waals surface area contributed by atoms with E-state index in [0.29, 0.717) is 0 Å². The zero-order valence-electron chi connectivity index (χ0n) is 14.3. The second-order valence-electron chi connectivity index (χ2n) is 6.09. The molecule has 1 aliphatic carbocycles. The van der Waals surface area contributed by atoms with Gasteiger partial charge in [-0.15, -0.1) is 0 Å². The van der Waals surface area contributed by atoms with Crippen LogP contribution in [0.4, 0.5) is 0 Å². The van der Waals surface area contributed by atoms with E-state index in [0.717, 1.165) is 36.8 Å². The summed E-state index contributed by atoms with van der Waals surface area (Å²) in [5, 5.41) is 19.7. The van der Waals surface area contributed by atoms with Gasteiger partial charge in [0.1, 0.15) is 11.5 Å². The molecule has 0 aromatic heterocycles. The molecule has 2 aromatic rings. The quantitative estimate of drug-likeness (QED) is 0.667. The number of para-hydroxylation sites is 2. The number of aliphatic imine (C=N–C) groups is 2. The van der Waals surface area contributed by atoms with Crippen molar-refractivity contribution in [3.05, 3.63) is 59.7 Å². The number of benzene rings is 2. The first-order valence-electron chi connectivity index (χ1n) is 8.36. The standard InChI is InChI=1S/C20H22N2O2.BrH.Co/c23-19-11-5-1-7-15(19)13-21-17-9-3-4-10-18(17)22-14-16-8-2-6-12-20(16)24;;/h1-2,5-8,11-14,17-18,23-24H,3-4,9-10H2;1H;/p-1/t17-,18-;;/m1../s1. The largest absolute Gasteiger partial charge is 1.00 e. The topological polar surface area (TPSA) is 65.2 Å². The number of aromatic hydroxyl groups is 2. The van der Waals surface area contributed by atoms with Gasteiger partial charge in [0.15, 0.2) is 0 Å². The van der Waals surface area contributed by atoms with E-state index in [2.05, 4.69) is 9.98 Å². The average molecular weight is 461 g/mol. The number of hydrogen-bond donors (Lipinski definition) is 2. The van der Waals surface area contributed by atoms with Crippen molar-refractivity contribution in [3.63, 3.8) is 0 Å². The van der Waals surface area contributed by atoms with E-state index in [1.54, 1.807) is 36.7 Å². The number of phenolic OH excluding ortho intramolecular Hbond substituents is 2. The van der Waals surface area contributed by atoms with Crippen LogP contribution in [0.5, 0.6) is 11.5 Å². The van der Waals surface area contributed by atoms with Gasteiger partial charge in [-0.1, -0.05) is 37.1 Å². The molecule has 1 saturated carbocycles. The van der Waals surface area contributed by atoms with Crippen LogP contribution in [0.2, 0.25) is 0 Å². The number of rotatable bonds is 4. The van der Waals surface area contributed by atoms with Gasteiger partial charge in [0.2, 0.25) is 0 Å². The molecule has 4 nitrogen and oxygen atoms in total. The fourth-order valence-corrected chi connectivity index (χ4v) is 2.98. The predicted octanol–water partition coefficient (Wildman–Crippen LogP) is 0.948. The molecule has 6 heteroatoms. The van der Waals surface area contributed by atoms with Crippen molar-refractivity contribution in [2.45, 2.75) is 37.8 Å². The van der Waals surface area contributed by atoms with E-state index in [1.807, 2.05) is 24.3 Å². The van der Waals surface area contributed by atoms with E-state index in [9.17, 15) is 10.2 Å². The van der Waals surface area contributed by atoms with E-state index in [1.165, 1.54) is 0 Å². The van der Waals surface area contributed by atoms with Gasteiger partial charge in [-0.05, 0) is 37.1 Å². The van der Waals surface area contributed by atoms with Crippen molar-refractivity contribution in [3.8, 4) is 11.5 Å². The molecule has 2 N–H and O–H groups in total. The maximum Gasteiger partial charge on any atom is 0.124 e. The fourth-order valence-electron chi connectivity index (χ4n) is 2.98. The van der Waals surface area contributed by atoms with E-state index in [4.69, 9.17) is 0 Å².